The molecular formula is C24H41N5O2. The van der Waals surface area contributed by atoms with Gasteiger partial charge in [0, 0.05) is 38.3 Å². The lowest BCUT2D eigenvalue weighted by Gasteiger charge is -2.22. The van der Waals surface area contributed by atoms with Gasteiger partial charge in [-0.1, -0.05) is 31.4 Å². The molecule has 0 spiro atoms. The highest BCUT2D eigenvalue weighted by atomic mass is 16.5. The van der Waals surface area contributed by atoms with Crippen molar-refractivity contribution in [2.24, 2.45) is 4.99 Å². The van der Waals surface area contributed by atoms with E-state index in [0.717, 1.165) is 44.2 Å². The summed E-state index contributed by atoms with van der Waals surface area (Å²) in [4.78, 5) is 19.1. The number of amides is 1. The van der Waals surface area contributed by atoms with Crippen molar-refractivity contribution in [3.63, 3.8) is 0 Å². The molecule has 2 rings (SSSR count). The molecular weight excluding hydrogens is 390 g/mol. The molecule has 174 valence electrons. The number of benzene rings is 1. The van der Waals surface area contributed by atoms with Gasteiger partial charge in [0.2, 0.25) is 0 Å². The van der Waals surface area contributed by atoms with Crippen LogP contribution < -0.4 is 16.0 Å². The second kappa shape index (κ2) is 14.8. The summed E-state index contributed by atoms with van der Waals surface area (Å²) in [5.41, 5.74) is 1.68. The molecule has 0 heterocycles. The highest BCUT2D eigenvalue weighted by Gasteiger charge is 2.13. The SMILES string of the molecule is CCNC(=NCc1cccc(C(=O)NCCN(C)C)c1)NCCCOC1CCCCC1. The van der Waals surface area contributed by atoms with Crippen molar-refractivity contribution in [3.8, 4) is 0 Å². The van der Waals surface area contributed by atoms with Crippen LogP contribution in [0.15, 0.2) is 29.3 Å². The molecule has 0 atom stereocenters. The van der Waals surface area contributed by atoms with Gasteiger partial charge in [-0.25, -0.2) is 4.99 Å². The van der Waals surface area contributed by atoms with Crippen molar-refractivity contribution in [2.45, 2.75) is 58.1 Å². The Hall–Kier alpha value is -2.12. The zero-order valence-electron chi connectivity index (χ0n) is 19.6. The van der Waals surface area contributed by atoms with E-state index in [-0.39, 0.29) is 5.91 Å². The van der Waals surface area contributed by atoms with Gasteiger partial charge < -0.3 is 25.6 Å². The predicted octanol–water partition coefficient (Wildman–Crippen LogP) is 2.77. The van der Waals surface area contributed by atoms with E-state index in [4.69, 9.17) is 4.74 Å². The van der Waals surface area contributed by atoms with Gasteiger partial charge in [-0.3, -0.25) is 4.79 Å². The minimum atomic E-state index is -0.0457. The maximum absolute atomic E-state index is 12.3. The van der Waals surface area contributed by atoms with Gasteiger partial charge in [0.15, 0.2) is 5.96 Å². The van der Waals surface area contributed by atoms with Crippen LogP contribution in [0.4, 0.5) is 0 Å². The first-order valence-corrected chi connectivity index (χ1v) is 11.7. The lowest BCUT2D eigenvalue weighted by atomic mass is 9.98. The summed E-state index contributed by atoms with van der Waals surface area (Å²) >= 11 is 0. The fourth-order valence-corrected chi connectivity index (χ4v) is 3.58. The highest BCUT2D eigenvalue weighted by molar-refractivity contribution is 5.94. The van der Waals surface area contributed by atoms with Gasteiger partial charge in [0.05, 0.1) is 12.6 Å². The first-order chi connectivity index (χ1) is 15.1. The Labute approximate surface area is 188 Å². The number of guanidine groups is 1. The number of hydrogen-bond acceptors (Lipinski definition) is 4. The number of carbonyl (C=O) groups excluding carboxylic acids is 1. The maximum atomic E-state index is 12.3. The summed E-state index contributed by atoms with van der Waals surface area (Å²) in [6.07, 6.45) is 7.81. The summed E-state index contributed by atoms with van der Waals surface area (Å²) in [6.45, 7) is 6.45. The van der Waals surface area contributed by atoms with Crippen LogP contribution in [0.1, 0.15) is 61.4 Å². The van der Waals surface area contributed by atoms with Crippen LogP contribution in [-0.2, 0) is 11.3 Å². The fourth-order valence-electron chi connectivity index (χ4n) is 3.58. The standard InChI is InChI=1S/C24H41N5O2/c1-4-25-24(27-14-9-17-31-22-12-6-5-7-13-22)28-19-20-10-8-11-21(18-20)23(30)26-15-16-29(2)3/h8,10-11,18,22H,4-7,9,12-17,19H2,1-3H3,(H,26,30)(H2,25,27,28). The average Bonchev–Trinajstić information content (AvgIpc) is 2.77. The van der Waals surface area contributed by atoms with E-state index < -0.39 is 0 Å². The number of nitrogens with zero attached hydrogens (tertiary/aromatic N) is 2. The summed E-state index contributed by atoms with van der Waals surface area (Å²) in [5, 5.41) is 9.62. The third kappa shape index (κ3) is 10.6. The quantitative estimate of drug-likeness (QED) is 0.269. The molecule has 1 fully saturated rings. The van der Waals surface area contributed by atoms with E-state index in [2.05, 4.69) is 27.9 Å². The van der Waals surface area contributed by atoms with E-state index in [0.29, 0.717) is 24.8 Å². The minimum absolute atomic E-state index is 0.0457. The van der Waals surface area contributed by atoms with Crippen molar-refractivity contribution >= 4 is 11.9 Å². The molecule has 0 aromatic heterocycles. The third-order valence-electron chi connectivity index (χ3n) is 5.32. The van der Waals surface area contributed by atoms with Crippen molar-refractivity contribution in [3.05, 3.63) is 35.4 Å². The molecule has 1 saturated carbocycles. The molecule has 1 aromatic rings. The molecule has 1 aliphatic carbocycles. The van der Waals surface area contributed by atoms with Gasteiger partial charge >= 0.3 is 0 Å². The normalized spacial score (nSPS) is 15.2. The molecule has 1 amide bonds. The van der Waals surface area contributed by atoms with E-state index in [1.54, 1.807) is 0 Å². The van der Waals surface area contributed by atoms with Crippen molar-refractivity contribution < 1.29 is 9.53 Å². The predicted molar refractivity (Wildman–Crippen MR) is 128 cm³/mol. The molecule has 7 nitrogen and oxygen atoms in total. The molecule has 0 aliphatic heterocycles. The van der Waals surface area contributed by atoms with Crippen LogP contribution in [-0.4, -0.2) is 69.8 Å². The Balaban J connectivity index is 1.76. The van der Waals surface area contributed by atoms with E-state index >= 15 is 0 Å². The lowest BCUT2D eigenvalue weighted by molar-refractivity contribution is 0.0277. The van der Waals surface area contributed by atoms with Crippen LogP contribution in [0, 0.1) is 0 Å². The molecule has 0 radical (unpaired) electrons. The van der Waals surface area contributed by atoms with E-state index in [1.165, 1.54) is 32.1 Å². The Bertz CT molecular complexity index is 672. The minimum Gasteiger partial charge on any atom is -0.378 e. The fraction of sp³-hybridized carbons (Fsp3) is 0.667. The van der Waals surface area contributed by atoms with Gasteiger partial charge in [0.25, 0.3) is 5.91 Å². The number of rotatable bonds is 12. The average molecular weight is 432 g/mol. The number of aliphatic imine (C=N–C) groups is 1. The van der Waals surface area contributed by atoms with Gasteiger partial charge in [-0.05, 0) is 58.0 Å². The number of nitrogens with one attached hydrogen (secondary N) is 3. The number of carbonyl (C=O) groups is 1. The third-order valence-corrected chi connectivity index (χ3v) is 5.32. The van der Waals surface area contributed by atoms with Crippen LogP contribution in [0.5, 0.6) is 0 Å². The number of likely N-dealkylation sites (N-methyl/N-ethyl adjacent to an activating group) is 1. The van der Waals surface area contributed by atoms with Crippen molar-refractivity contribution in [1.82, 2.24) is 20.9 Å². The van der Waals surface area contributed by atoms with Gasteiger partial charge in [0.1, 0.15) is 0 Å². The van der Waals surface area contributed by atoms with E-state index in [9.17, 15) is 4.79 Å². The van der Waals surface area contributed by atoms with Crippen LogP contribution in [0.2, 0.25) is 0 Å². The molecule has 7 heteroatoms. The summed E-state index contributed by atoms with van der Waals surface area (Å²) < 4.78 is 5.99. The number of ether oxygens (including phenoxy) is 1. The summed E-state index contributed by atoms with van der Waals surface area (Å²) in [6, 6.07) is 7.67. The topological polar surface area (TPSA) is 78.0 Å². The zero-order valence-corrected chi connectivity index (χ0v) is 19.6. The smallest absolute Gasteiger partial charge is 0.251 e. The largest absolute Gasteiger partial charge is 0.378 e. The van der Waals surface area contributed by atoms with Crippen LogP contribution in [0.3, 0.4) is 0 Å². The highest BCUT2D eigenvalue weighted by Crippen LogP contribution is 2.20. The Morgan fingerprint density at radius 3 is 2.68 bits per heavy atom. The second-order valence-electron chi connectivity index (χ2n) is 8.37. The molecule has 3 N–H and O–H groups in total. The van der Waals surface area contributed by atoms with Crippen molar-refractivity contribution in [1.29, 1.82) is 0 Å². The van der Waals surface area contributed by atoms with Crippen molar-refractivity contribution in [2.75, 3.05) is 46.9 Å². The van der Waals surface area contributed by atoms with Gasteiger partial charge in [-0.2, -0.15) is 0 Å². The molecule has 1 aromatic carbocycles. The Morgan fingerprint density at radius 2 is 1.94 bits per heavy atom. The van der Waals surface area contributed by atoms with E-state index in [1.807, 2.05) is 43.3 Å². The molecule has 31 heavy (non-hydrogen) atoms. The lowest BCUT2D eigenvalue weighted by Crippen LogP contribution is -2.38. The second-order valence-corrected chi connectivity index (χ2v) is 8.37. The number of hydrogen-bond donors (Lipinski definition) is 3. The summed E-state index contributed by atoms with van der Waals surface area (Å²) in [5.74, 6) is 0.747. The Morgan fingerprint density at radius 1 is 1.13 bits per heavy atom. The van der Waals surface area contributed by atoms with Crippen LogP contribution in [0.25, 0.3) is 0 Å². The molecule has 0 bridgehead atoms. The maximum Gasteiger partial charge on any atom is 0.251 e. The molecule has 1 aliphatic rings. The Kier molecular flexibility index (Phi) is 12.0. The first-order valence-electron chi connectivity index (χ1n) is 11.7. The monoisotopic (exact) mass is 431 g/mol. The summed E-state index contributed by atoms with van der Waals surface area (Å²) in [7, 11) is 3.98. The zero-order chi connectivity index (χ0) is 22.3. The van der Waals surface area contributed by atoms with Crippen LogP contribution >= 0.6 is 0 Å². The van der Waals surface area contributed by atoms with Gasteiger partial charge in [-0.15, -0.1) is 0 Å². The molecule has 0 saturated heterocycles. The first kappa shape index (κ1) is 25.1. The molecule has 0 unspecified atom stereocenters.